The lowest BCUT2D eigenvalue weighted by molar-refractivity contribution is -0.139. The van der Waals surface area contributed by atoms with E-state index in [1.165, 1.54) is 0 Å². The molecule has 0 bridgehead atoms. The first-order valence-electron chi connectivity index (χ1n) is 16.2. The van der Waals surface area contributed by atoms with E-state index in [9.17, 15) is 24.6 Å². The van der Waals surface area contributed by atoms with Crippen molar-refractivity contribution in [3.63, 3.8) is 0 Å². The Balaban J connectivity index is 1.19. The SMILES string of the molecule is C[C@H](/C=C/CC(=O)N1Cc2ccccc2C[C@H]1CO)[C@@]1(O)C(=O)N(Cc2ccccc2)c2ccc(N3C(=O)COc4ccccc43)cc21. The molecule has 0 radical (unpaired) electrons. The Kier molecular flexibility index (Phi) is 8.33. The van der Waals surface area contributed by atoms with Gasteiger partial charge in [-0.1, -0.05) is 85.8 Å². The molecule has 0 fully saturated rings. The van der Waals surface area contributed by atoms with E-state index in [-0.39, 0.29) is 44.0 Å². The van der Waals surface area contributed by atoms with E-state index in [0.717, 1.165) is 16.7 Å². The van der Waals surface area contributed by atoms with Crippen LogP contribution in [-0.2, 0) is 39.5 Å². The number of hydrogen-bond donors (Lipinski definition) is 2. The summed E-state index contributed by atoms with van der Waals surface area (Å²) in [6.45, 7) is 2.15. The maximum atomic E-state index is 14.3. The normalized spacial score (nSPS) is 20.7. The van der Waals surface area contributed by atoms with Crippen molar-refractivity contribution in [1.82, 2.24) is 4.90 Å². The third-order valence-corrected chi connectivity index (χ3v) is 9.66. The van der Waals surface area contributed by atoms with Gasteiger partial charge in [0.2, 0.25) is 5.91 Å². The van der Waals surface area contributed by atoms with E-state index >= 15 is 0 Å². The van der Waals surface area contributed by atoms with Gasteiger partial charge in [0, 0.05) is 30.1 Å². The maximum Gasteiger partial charge on any atom is 0.269 e. The smallest absolute Gasteiger partial charge is 0.269 e. The number of ether oxygens (including phenoxy) is 1. The zero-order valence-corrected chi connectivity index (χ0v) is 26.7. The molecule has 0 aliphatic carbocycles. The van der Waals surface area contributed by atoms with Crippen molar-refractivity contribution >= 4 is 34.8 Å². The standard InChI is InChI=1S/C39H37N3O6/c1-26(10-9-17-36(44)40-23-29-14-6-5-13-28(29)20-31(40)24-43)39(47)32-21-30(42-34-15-7-8-16-35(34)48-25-37(42)45)18-19-33(32)41(38(39)46)22-27-11-3-2-4-12-27/h2-16,18-19,21,26,31,43,47H,17,20,22-25H2,1H3/b10-9+/t26-,31+,39+/m1/s1. The molecule has 0 unspecified atom stereocenters. The lowest BCUT2D eigenvalue weighted by Crippen LogP contribution is -2.46. The number of carbonyl (C=O) groups excluding carboxylic acids is 3. The quantitative estimate of drug-likeness (QED) is 0.262. The first kappa shape index (κ1) is 31.4. The van der Waals surface area contributed by atoms with Gasteiger partial charge in [-0.25, -0.2) is 0 Å². The van der Waals surface area contributed by atoms with Crippen molar-refractivity contribution in [3.8, 4) is 5.75 Å². The van der Waals surface area contributed by atoms with Crippen molar-refractivity contribution in [2.45, 2.75) is 44.5 Å². The van der Waals surface area contributed by atoms with Crippen LogP contribution in [0.25, 0.3) is 0 Å². The second kappa shape index (κ2) is 12.7. The van der Waals surface area contributed by atoms with Crippen LogP contribution >= 0.6 is 0 Å². The van der Waals surface area contributed by atoms with Crippen LogP contribution in [0, 0.1) is 5.92 Å². The highest BCUT2D eigenvalue weighted by atomic mass is 16.5. The van der Waals surface area contributed by atoms with Crippen molar-refractivity contribution in [2.24, 2.45) is 5.92 Å². The lowest BCUT2D eigenvalue weighted by atomic mass is 9.82. The van der Waals surface area contributed by atoms with Gasteiger partial charge >= 0.3 is 0 Å². The molecule has 3 aliphatic rings. The molecule has 0 spiro atoms. The number of para-hydroxylation sites is 2. The summed E-state index contributed by atoms with van der Waals surface area (Å²) in [5.41, 5.74) is 3.15. The van der Waals surface area contributed by atoms with Gasteiger partial charge in [-0.2, -0.15) is 0 Å². The predicted molar refractivity (Wildman–Crippen MR) is 182 cm³/mol. The molecule has 2 N–H and O–H groups in total. The summed E-state index contributed by atoms with van der Waals surface area (Å²) in [4.78, 5) is 45.7. The van der Waals surface area contributed by atoms with Crippen molar-refractivity contribution in [1.29, 1.82) is 0 Å². The minimum absolute atomic E-state index is 0.0486. The van der Waals surface area contributed by atoms with E-state index < -0.39 is 17.4 Å². The zero-order chi connectivity index (χ0) is 33.4. The highest BCUT2D eigenvalue weighted by molar-refractivity contribution is 6.09. The van der Waals surface area contributed by atoms with Crippen LogP contribution in [0.2, 0.25) is 0 Å². The minimum Gasteiger partial charge on any atom is -0.482 e. The number of aliphatic hydroxyl groups is 2. The fourth-order valence-corrected chi connectivity index (χ4v) is 7.05. The fraction of sp³-hybridized carbons (Fsp3) is 0.256. The van der Waals surface area contributed by atoms with Gasteiger partial charge < -0.3 is 24.7 Å². The van der Waals surface area contributed by atoms with Gasteiger partial charge in [0.1, 0.15) is 5.75 Å². The molecule has 3 heterocycles. The van der Waals surface area contributed by atoms with Crippen LogP contribution < -0.4 is 14.5 Å². The Bertz CT molecular complexity index is 1910. The average Bonchev–Trinajstić information content (AvgIpc) is 3.33. The third kappa shape index (κ3) is 5.44. The number of fused-ring (bicyclic) bond motifs is 3. The van der Waals surface area contributed by atoms with Crippen molar-refractivity contribution in [2.75, 3.05) is 23.0 Å². The maximum absolute atomic E-state index is 14.3. The summed E-state index contributed by atoms with van der Waals surface area (Å²) in [6, 6.07) is 29.7. The topological polar surface area (TPSA) is 111 Å². The number of benzene rings is 4. The van der Waals surface area contributed by atoms with E-state index in [2.05, 4.69) is 0 Å². The predicted octanol–water partition coefficient (Wildman–Crippen LogP) is 5.01. The highest BCUT2D eigenvalue weighted by Gasteiger charge is 2.53. The summed E-state index contributed by atoms with van der Waals surface area (Å²) in [6.07, 6.45) is 4.03. The van der Waals surface area contributed by atoms with Crippen LogP contribution in [-0.4, -0.2) is 52.1 Å². The Morgan fingerprint density at radius 3 is 2.48 bits per heavy atom. The molecule has 4 aromatic carbocycles. The summed E-state index contributed by atoms with van der Waals surface area (Å²) < 4.78 is 5.64. The monoisotopic (exact) mass is 643 g/mol. The van der Waals surface area contributed by atoms with Crippen LogP contribution in [0.1, 0.15) is 35.6 Å². The number of anilines is 3. The van der Waals surface area contributed by atoms with Gasteiger partial charge in [-0.05, 0) is 53.4 Å². The van der Waals surface area contributed by atoms with E-state index in [4.69, 9.17) is 4.74 Å². The molecule has 9 heteroatoms. The lowest BCUT2D eigenvalue weighted by Gasteiger charge is -2.36. The second-order valence-electron chi connectivity index (χ2n) is 12.6. The van der Waals surface area contributed by atoms with Gasteiger partial charge in [0.05, 0.1) is 30.6 Å². The first-order valence-corrected chi connectivity index (χ1v) is 16.2. The van der Waals surface area contributed by atoms with Crippen LogP contribution in [0.4, 0.5) is 17.1 Å². The van der Waals surface area contributed by atoms with E-state index in [1.54, 1.807) is 64.1 Å². The summed E-state index contributed by atoms with van der Waals surface area (Å²) >= 11 is 0. The van der Waals surface area contributed by atoms with Crippen LogP contribution in [0.3, 0.4) is 0 Å². The molecule has 4 aromatic rings. The first-order chi connectivity index (χ1) is 23.3. The van der Waals surface area contributed by atoms with Gasteiger partial charge in [0.15, 0.2) is 12.2 Å². The molecule has 0 aromatic heterocycles. The number of carbonyl (C=O) groups is 3. The van der Waals surface area contributed by atoms with Gasteiger partial charge in [-0.15, -0.1) is 0 Å². The summed E-state index contributed by atoms with van der Waals surface area (Å²) in [5, 5.41) is 22.5. The number of nitrogens with zero attached hydrogens (tertiary/aromatic N) is 3. The van der Waals surface area contributed by atoms with E-state index in [0.29, 0.717) is 41.3 Å². The number of amides is 3. The molecular weight excluding hydrogens is 606 g/mol. The molecular formula is C39H37N3O6. The number of aliphatic hydroxyl groups excluding tert-OH is 1. The van der Waals surface area contributed by atoms with Crippen LogP contribution in [0.5, 0.6) is 5.75 Å². The fourth-order valence-electron chi connectivity index (χ4n) is 7.05. The van der Waals surface area contributed by atoms with Crippen LogP contribution in [0.15, 0.2) is 109 Å². The Labute approximate surface area is 279 Å². The molecule has 0 saturated heterocycles. The molecule has 3 atom stereocenters. The molecule has 244 valence electrons. The molecule has 3 aliphatic heterocycles. The molecule has 9 nitrogen and oxygen atoms in total. The van der Waals surface area contributed by atoms with E-state index in [1.807, 2.05) is 66.7 Å². The highest BCUT2D eigenvalue weighted by Crippen LogP contribution is 2.48. The van der Waals surface area contributed by atoms with Crippen molar-refractivity contribution < 1.29 is 29.3 Å². The molecule has 0 saturated carbocycles. The number of rotatable bonds is 8. The van der Waals surface area contributed by atoms with Crippen molar-refractivity contribution in [3.05, 3.63) is 131 Å². The zero-order valence-electron chi connectivity index (χ0n) is 26.7. The summed E-state index contributed by atoms with van der Waals surface area (Å²) in [7, 11) is 0. The number of hydrogen-bond acceptors (Lipinski definition) is 6. The second-order valence-corrected chi connectivity index (χ2v) is 12.6. The average molecular weight is 644 g/mol. The Morgan fingerprint density at radius 2 is 1.69 bits per heavy atom. The summed E-state index contributed by atoms with van der Waals surface area (Å²) in [5.74, 6) is -1.05. The largest absolute Gasteiger partial charge is 0.482 e. The Hall–Kier alpha value is -5.25. The molecule has 7 rings (SSSR count). The molecule has 3 amide bonds. The Morgan fingerprint density at radius 1 is 0.958 bits per heavy atom. The molecule has 48 heavy (non-hydrogen) atoms. The minimum atomic E-state index is -1.97. The van der Waals surface area contributed by atoms with Gasteiger partial charge in [-0.3, -0.25) is 19.3 Å². The van der Waals surface area contributed by atoms with Gasteiger partial charge in [0.25, 0.3) is 11.8 Å². The third-order valence-electron chi connectivity index (χ3n) is 9.66.